The van der Waals surface area contributed by atoms with Crippen molar-refractivity contribution in [2.24, 2.45) is 35.5 Å². The van der Waals surface area contributed by atoms with E-state index in [0.717, 1.165) is 46.6 Å². The SMILES string of the molecule is C.C.C.CC1CCC(CC2CCC(CC3CCC(C)CC3)CC2)CC1.Cc1cc(F)c(C)c(F)c1.Cc1cc(F)c(C)c(F)c1.Cc1cc(F)c(C)cc1F.Cc1ccc(C)c(F)c1.Cc1ccc(C)c(F)c1.Cc1ccc(C)c(F)c1F.Cc1ccc(C)cc1.II. The van der Waals surface area contributed by atoms with Crippen LogP contribution >= 0.6 is 37.2 Å². The first-order valence-corrected chi connectivity index (χ1v) is 37.9. The Hall–Kier alpha value is -4.70. The molecule has 0 atom stereocenters. The third-order valence-corrected chi connectivity index (χ3v) is 17.2. The Morgan fingerprint density at radius 2 is 0.462 bits per heavy atom. The normalized spacial score (nSPS) is 17.4. The van der Waals surface area contributed by atoms with Crippen molar-refractivity contribution in [3.05, 3.63) is 245 Å². The zero-order valence-electron chi connectivity index (χ0n) is 56.3. The van der Waals surface area contributed by atoms with E-state index in [1.165, 1.54) is 127 Å². The summed E-state index contributed by atoms with van der Waals surface area (Å²) in [5.74, 6) is 2.13. The van der Waals surface area contributed by atoms with Gasteiger partial charge >= 0.3 is 0 Å². The second-order valence-electron chi connectivity index (χ2n) is 25.7. The molecule has 0 spiro atoms. The summed E-state index contributed by atoms with van der Waals surface area (Å²) in [6, 6.07) is 29.7. The Balaban J connectivity index is 0. The summed E-state index contributed by atoms with van der Waals surface area (Å²) in [6.45, 7) is 28.7. The molecule has 0 amide bonds. The molecule has 12 heteroatoms. The zero-order valence-corrected chi connectivity index (χ0v) is 60.6. The second kappa shape index (κ2) is 47.3. The highest BCUT2D eigenvalue weighted by Crippen LogP contribution is 2.42. The molecule has 7 aromatic carbocycles. The highest BCUT2D eigenvalue weighted by Gasteiger charge is 2.28. The third-order valence-electron chi connectivity index (χ3n) is 17.2. The first-order chi connectivity index (χ1) is 42.3. The summed E-state index contributed by atoms with van der Waals surface area (Å²) in [7, 11) is 0. The van der Waals surface area contributed by atoms with Gasteiger partial charge in [-0.05, 0) is 249 Å². The Labute approximate surface area is 580 Å². The molecule has 3 saturated carbocycles. The Morgan fingerprint density at radius 1 is 0.258 bits per heavy atom. The molecule has 93 heavy (non-hydrogen) atoms. The van der Waals surface area contributed by atoms with Crippen molar-refractivity contribution in [2.45, 2.75) is 223 Å². The molecule has 0 saturated heterocycles. The van der Waals surface area contributed by atoms with Gasteiger partial charge in [0.05, 0.1) is 0 Å². The van der Waals surface area contributed by atoms with E-state index in [0.29, 0.717) is 44.5 Å². The highest BCUT2D eigenvalue weighted by molar-refractivity contribution is 15.0. The summed E-state index contributed by atoms with van der Waals surface area (Å²) in [5.41, 5.74) is 8.82. The number of hydrogen-bond acceptors (Lipinski definition) is 0. The monoisotopic (exact) mass is 1530 g/mol. The molecule has 0 heterocycles. The van der Waals surface area contributed by atoms with Crippen molar-refractivity contribution in [1.29, 1.82) is 0 Å². The minimum Gasteiger partial charge on any atom is -0.207 e. The van der Waals surface area contributed by atoms with Gasteiger partial charge in [-0.25, -0.2) is 43.9 Å². The van der Waals surface area contributed by atoms with Crippen LogP contribution in [0.2, 0.25) is 0 Å². The standard InChI is InChI=1S/C22H40.4C8H8F2.2C8H9F.C8H10.3CH4.I2/c1-17-3-7-19(8-4-17)15-21-11-13-22(14-12-21)16-20-9-5-18(2)6-10-20;1-5-3-8(10)6(2)4-7(5)9;2*1-5-3-7(9)6(2)8(10)4-5;1-5-3-4-6(2)8(10)7(5)9;2*1-6-3-4-7(2)8(9)5-6;1-7-3-5-8(2)6-4-7;;;;1-2/h17-22H,3-16H2,1-2H3;4*3-4H,1-2H3;2*3-5H,1-2H3;3-6H,1-2H3;3*1H4;. The lowest BCUT2D eigenvalue weighted by Gasteiger charge is -2.35. The number of halogens is 12. The van der Waals surface area contributed by atoms with E-state index < -0.39 is 34.9 Å². The molecule has 3 aliphatic rings. The predicted octanol–water partition coefficient (Wildman–Crippen LogP) is 28.4. The van der Waals surface area contributed by atoms with Crippen LogP contribution < -0.4 is 0 Å². The second-order valence-corrected chi connectivity index (χ2v) is 25.7. The lowest BCUT2D eigenvalue weighted by Crippen LogP contribution is -2.22. The van der Waals surface area contributed by atoms with Gasteiger partial charge in [-0.2, -0.15) is 0 Å². The molecule has 0 aliphatic heterocycles. The predicted molar refractivity (Wildman–Crippen MR) is 396 cm³/mol. The van der Waals surface area contributed by atoms with E-state index in [1.54, 1.807) is 116 Å². The van der Waals surface area contributed by atoms with E-state index in [9.17, 15) is 43.9 Å². The van der Waals surface area contributed by atoms with E-state index in [4.69, 9.17) is 0 Å². The summed E-state index contributed by atoms with van der Waals surface area (Å²) < 4.78 is 126. The lowest BCUT2D eigenvalue weighted by molar-refractivity contribution is 0.168. The van der Waals surface area contributed by atoms with Gasteiger partial charge in [0.25, 0.3) is 0 Å². The first kappa shape index (κ1) is 90.4. The molecule has 0 nitrogen and oxygen atoms in total. The van der Waals surface area contributed by atoms with Crippen LogP contribution in [0.1, 0.15) is 204 Å². The van der Waals surface area contributed by atoms with Crippen molar-refractivity contribution in [1.82, 2.24) is 0 Å². The maximum Gasteiger partial charge on any atom is 0.161 e. The quantitative estimate of drug-likeness (QED) is 0.122. The summed E-state index contributed by atoms with van der Waals surface area (Å²) >= 11 is 4.24. The van der Waals surface area contributed by atoms with Crippen LogP contribution in [-0.4, -0.2) is 0 Å². The number of benzene rings is 7. The van der Waals surface area contributed by atoms with Gasteiger partial charge in [0, 0.05) is 48.4 Å². The van der Waals surface area contributed by atoms with Crippen LogP contribution in [-0.2, 0) is 0 Å². The maximum atomic E-state index is 12.6. The van der Waals surface area contributed by atoms with Crippen molar-refractivity contribution < 1.29 is 43.9 Å². The minimum absolute atomic E-state index is 0. The highest BCUT2D eigenvalue weighted by atomic mass is 128. The van der Waals surface area contributed by atoms with Crippen LogP contribution in [0.15, 0.2) is 109 Å². The van der Waals surface area contributed by atoms with Crippen LogP contribution in [0, 0.1) is 191 Å². The zero-order chi connectivity index (χ0) is 67.9. The smallest absolute Gasteiger partial charge is 0.161 e. The fourth-order valence-electron chi connectivity index (χ4n) is 10.8. The van der Waals surface area contributed by atoms with Gasteiger partial charge in [0.15, 0.2) is 11.6 Å². The van der Waals surface area contributed by atoms with Crippen molar-refractivity contribution in [2.75, 3.05) is 0 Å². The largest absolute Gasteiger partial charge is 0.207 e. The topological polar surface area (TPSA) is 0 Å². The minimum atomic E-state index is -0.736. The van der Waals surface area contributed by atoms with Gasteiger partial charge in [0.1, 0.15) is 46.5 Å². The Morgan fingerprint density at radius 3 is 0.699 bits per heavy atom. The van der Waals surface area contributed by atoms with E-state index in [2.05, 4.69) is 89.2 Å². The molecule has 0 unspecified atom stereocenters. The molecule has 0 radical (unpaired) electrons. The number of aryl methyl sites for hydroxylation is 12. The molecule has 3 fully saturated rings. The van der Waals surface area contributed by atoms with Crippen molar-refractivity contribution in [3.8, 4) is 0 Å². The van der Waals surface area contributed by atoms with E-state index >= 15 is 0 Å². The molecule has 520 valence electrons. The van der Waals surface area contributed by atoms with Gasteiger partial charge in [-0.15, -0.1) is 0 Å². The third kappa shape index (κ3) is 35.2. The van der Waals surface area contributed by atoms with Gasteiger partial charge in [-0.3, -0.25) is 0 Å². The molecule has 3 aliphatic carbocycles. The number of rotatable bonds is 4. The van der Waals surface area contributed by atoms with Gasteiger partial charge in [0.2, 0.25) is 0 Å². The average molecular weight is 1530 g/mol. The van der Waals surface area contributed by atoms with Gasteiger partial charge < -0.3 is 0 Å². The molecular formula is C81H112F10I2. The van der Waals surface area contributed by atoms with Crippen LogP contribution in [0.3, 0.4) is 0 Å². The maximum absolute atomic E-state index is 12.6. The summed E-state index contributed by atoms with van der Waals surface area (Å²) in [5, 5.41) is 0. The lowest BCUT2D eigenvalue weighted by atomic mass is 9.70. The van der Waals surface area contributed by atoms with E-state index in [-0.39, 0.29) is 56.7 Å². The fourth-order valence-corrected chi connectivity index (χ4v) is 10.8. The summed E-state index contributed by atoms with van der Waals surface area (Å²) in [6.07, 6.45) is 21.7. The van der Waals surface area contributed by atoms with Crippen LogP contribution in [0.4, 0.5) is 43.9 Å². The average Bonchev–Trinajstić information content (AvgIpc) is 1.25. The van der Waals surface area contributed by atoms with Crippen LogP contribution in [0.5, 0.6) is 0 Å². The first-order valence-electron chi connectivity index (χ1n) is 31.6. The Bertz CT molecular complexity index is 2920. The summed E-state index contributed by atoms with van der Waals surface area (Å²) in [4.78, 5) is 0. The van der Waals surface area contributed by atoms with Gasteiger partial charge in [-0.1, -0.05) is 185 Å². The molecule has 7 aromatic rings. The molecule has 0 N–H and O–H groups in total. The molecule has 0 aromatic heterocycles. The van der Waals surface area contributed by atoms with Crippen molar-refractivity contribution >= 4 is 37.2 Å². The number of hydrogen-bond donors (Lipinski definition) is 0. The molecule has 0 bridgehead atoms. The van der Waals surface area contributed by atoms with E-state index in [1.807, 2.05) is 26.0 Å². The molecular weight excluding hydrogens is 1420 g/mol. The van der Waals surface area contributed by atoms with Crippen LogP contribution in [0.25, 0.3) is 0 Å². The molecule has 10 rings (SSSR count). The van der Waals surface area contributed by atoms with Crippen molar-refractivity contribution in [3.63, 3.8) is 0 Å². The Kier molecular flexibility index (Phi) is 45.9. The fraction of sp³-hybridized carbons (Fsp3) is 0.481.